The van der Waals surface area contributed by atoms with Gasteiger partial charge in [0.2, 0.25) is 0 Å². The Bertz CT molecular complexity index is 862. The van der Waals surface area contributed by atoms with Crippen molar-refractivity contribution in [3.63, 3.8) is 0 Å². The quantitative estimate of drug-likeness (QED) is 0.783. The van der Waals surface area contributed by atoms with E-state index in [1.165, 1.54) is 0 Å². The first-order valence-corrected chi connectivity index (χ1v) is 7.88. The van der Waals surface area contributed by atoms with Gasteiger partial charge in [0, 0.05) is 24.5 Å². The van der Waals surface area contributed by atoms with Crippen molar-refractivity contribution < 1.29 is 4.79 Å². The average Bonchev–Trinajstić information content (AvgIpc) is 3.10. The molecule has 2 heterocycles. The first kappa shape index (κ1) is 16.0. The van der Waals surface area contributed by atoms with Crippen molar-refractivity contribution in [1.82, 2.24) is 24.9 Å². The predicted molar refractivity (Wildman–Crippen MR) is 91.6 cm³/mol. The van der Waals surface area contributed by atoms with Gasteiger partial charge < -0.3 is 5.32 Å². The van der Waals surface area contributed by atoms with Crippen molar-refractivity contribution >= 4 is 5.91 Å². The number of amides is 1. The van der Waals surface area contributed by atoms with Gasteiger partial charge in [-0.3, -0.25) is 14.2 Å². The van der Waals surface area contributed by atoms with Crippen molar-refractivity contribution in [1.29, 1.82) is 0 Å². The van der Waals surface area contributed by atoms with Crippen molar-refractivity contribution in [3.8, 4) is 0 Å². The molecular weight excluding hydrogens is 302 g/mol. The Kier molecular flexibility index (Phi) is 4.46. The number of benzene rings is 1. The second kappa shape index (κ2) is 6.70. The molecule has 124 valence electrons. The summed E-state index contributed by atoms with van der Waals surface area (Å²) in [5.41, 5.74) is 4.63. The van der Waals surface area contributed by atoms with Crippen LogP contribution in [0.2, 0.25) is 0 Å². The summed E-state index contributed by atoms with van der Waals surface area (Å²) < 4.78 is 3.66. The van der Waals surface area contributed by atoms with E-state index in [1.54, 1.807) is 4.68 Å². The Labute approximate surface area is 141 Å². The van der Waals surface area contributed by atoms with Gasteiger partial charge in [0.15, 0.2) is 0 Å². The van der Waals surface area contributed by atoms with Crippen LogP contribution in [-0.4, -0.2) is 25.5 Å². The largest absolute Gasteiger partial charge is 0.346 e. The summed E-state index contributed by atoms with van der Waals surface area (Å²) in [6.07, 6.45) is 1.86. The highest BCUT2D eigenvalue weighted by molar-refractivity contribution is 5.94. The van der Waals surface area contributed by atoms with Crippen LogP contribution in [0.3, 0.4) is 0 Å². The fraction of sp³-hybridized carbons (Fsp3) is 0.278. The van der Waals surface area contributed by atoms with Crippen molar-refractivity contribution in [3.05, 3.63) is 70.8 Å². The summed E-state index contributed by atoms with van der Waals surface area (Å²) in [5.74, 6) is -0.101. The van der Waals surface area contributed by atoms with E-state index in [1.807, 2.05) is 68.2 Å². The third-order valence-corrected chi connectivity index (χ3v) is 3.82. The standard InChI is InChI=1S/C18H21N5O/c1-13-9-14(2)23(20-13)12-15-5-4-6-16(10-15)18(24)19-11-17-7-8-22(3)21-17/h4-10H,11-12H2,1-3H3,(H,19,24). The van der Waals surface area contributed by atoms with E-state index in [-0.39, 0.29) is 5.91 Å². The molecule has 0 unspecified atom stereocenters. The molecule has 3 aromatic rings. The molecule has 1 amide bonds. The van der Waals surface area contributed by atoms with Crippen LogP contribution >= 0.6 is 0 Å². The molecule has 0 aliphatic heterocycles. The van der Waals surface area contributed by atoms with Gasteiger partial charge in [0.25, 0.3) is 5.91 Å². The SMILES string of the molecule is Cc1cc(C)n(Cc2cccc(C(=O)NCc3ccn(C)n3)c2)n1. The minimum atomic E-state index is -0.101. The Morgan fingerprint density at radius 1 is 1.17 bits per heavy atom. The molecule has 3 rings (SSSR count). The molecule has 0 saturated carbocycles. The lowest BCUT2D eigenvalue weighted by Crippen LogP contribution is -2.23. The molecule has 0 atom stereocenters. The lowest BCUT2D eigenvalue weighted by molar-refractivity contribution is 0.0950. The number of nitrogens with zero attached hydrogens (tertiary/aromatic N) is 4. The molecule has 0 bridgehead atoms. The summed E-state index contributed by atoms with van der Waals surface area (Å²) in [4.78, 5) is 12.3. The number of aryl methyl sites for hydroxylation is 3. The van der Waals surface area contributed by atoms with E-state index in [0.29, 0.717) is 18.7 Å². The van der Waals surface area contributed by atoms with Gasteiger partial charge in [0.1, 0.15) is 0 Å². The van der Waals surface area contributed by atoms with E-state index < -0.39 is 0 Å². The van der Waals surface area contributed by atoms with Crippen LogP contribution in [-0.2, 0) is 20.1 Å². The highest BCUT2D eigenvalue weighted by atomic mass is 16.1. The molecule has 0 spiro atoms. The second-order valence-corrected chi connectivity index (χ2v) is 5.95. The van der Waals surface area contributed by atoms with Gasteiger partial charge in [-0.05, 0) is 43.7 Å². The van der Waals surface area contributed by atoms with Crippen LogP contribution in [0.4, 0.5) is 0 Å². The summed E-state index contributed by atoms with van der Waals surface area (Å²) in [7, 11) is 1.85. The minimum Gasteiger partial charge on any atom is -0.346 e. The third kappa shape index (κ3) is 3.71. The van der Waals surface area contributed by atoms with Crippen LogP contribution in [0, 0.1) is 13.8 Å². The molecule has 0 aliphatic rings. The van der Waals surface area contributed by atoms with Crippen molar-refractivity contribution in [2.24, 2.45) is 7.05 Å². The Morgan fingerprint density at radius 2 is 2.00 bits per heavy atom. The number of hydrogen-bond acceptors (Lipinski definition) is 3. The van der Waals surface area contributed by atoms with Crippen LogP contribution in [0.1, 0.15) is 33.0 Å². The van der Waals surface area contributed by atoms with E-state index in [9.17, 15) is 4.79 Å². The van der Waals surface area contributed by atoms with Gasteiger partial charge in [0.05, 0.1) is 24.5 Å². The highest BCUT2D eigenvalue weighted by Crippen LogP contribution is 2.10. The van der Waals surface area contributed by atoms with E-state index >= 15 is 0 Å². The molecule has 2 aromatic heterocycles. The summed E-state index contributed by atoms with van der Waals surface area (Å²) >= 11 is 0. The van der Waals surface area contributed by atoms with Crippen LogP contribution in [0.5, 0.6) is 0 Å². The molecule has 6 nitrogen and oxygen atoms in total. The third-order valence-electron chi connectivity index (χ3n) is 3.82. The number of nitrogens with one attached hydrogen (secondary N) is 1. The monoisotopic (exact) mass is 323 g/mol. The van der Waals surface area contributed by atoms with Crippen LogP contribution in [0.25, 0.3) is 0 Å². The fourth-order valence-corrected chi connectivity index (χ4v) is 2.65. The molecule has 1 N–H and O–H groups in total. The first-order valence-electron chi connectivity index (χ1n) is 7.88. The fourth-order valence-electron chi connectivity index (χ4n) is 2.65. The summed E-state index contributed by atoms with van der Waals surface area (Å²) in [6, 6.07) is 11.6. The summed E-state index contributed by atoms with van der Waals surface area (Å²) in [5, 5.41) is 11.6. The van der Waals surface area contributed by atoms with Gasteiger partial charge >= 0.3 is 0 Å². The Morgan fingerprint density at radius 3 is 2.67 bits per heavy atom. The average molecular weight is 323 g/mol. The molecule has 0 fully saturated rings. The predicted octanol–water partition coefficient (Wildman–Crippen LogP) is 2.21. The van der Waals surface area contributed by atoms with Crippen molar-refractivity contribution in [2.45, 2.75) is 26.9 Å². The topological polar surface area (TPSA) is 64.7 Å². The molecule has 0 aliphatic carbocycles. The molecule has 24 heavy (non-hydrogen) atoms. The number of carbonyl (C=O) groups excluding carboxylic acids is 1. The zero-order chi connectivity index (χ0) is 17.1. The first-order chi connectivity index (χ1) is 11.5. The lowest BCUT2D eigenvalue weighted by Gasteiger charge is -2.08. The van der Waals surface area contributed by atoms with Gasteiger partial charge in [-0.25, -0.2) is 0 Å². The highest BCUT2D eigenvalue weighted by Gasteiger charge is 2.08. The maximum Gasteiger partial charge on any atom is 0.251 e. The summed E-state index contributed by atoms with van der Waals surface area (Å²) in [6.45, 7) is 5.08. The molecule has 6 heteroatoms. The smallest absolute Gasteiger partial charge is 0.251 e. The van der Waals surface area contributed by atoms with Crippen LogP contribution < -0.4 is 5.32 Å². The molecule has 0 radical (unpaired) electrons. The number of hydrogen-bond donors (Lipinski definition) is 1. The zero-order valence-corrected chi connectivity index (χ0v) is 14.2. The zero-order valence-electron chi connectivity index (χ0n) is 14.2. The Hall–Kier alpha value is -2.89. The van der Waals surface area contributed by atoms with Crippen molar-refractivity contribution in [2.75, 3.05) is 0 Å². The van der Waals surface area contributed by atoms with Gasteiger partial charge in [-0.1, -0.05) is 12.1 Å². The molecule has 0 saturated heterocycles. The number of rotatable bonds is 5. The Balaban J connectivity index is 1.67. The van der Waals surface area contributed by atoms with Crippen LogP contribution in [0.15, 0.2) is 42.6 Å². The molecule has 1 aromatic carbocycles. The second-order valence-electron chi connectivity index (χ2n) is 5.95. The maximum atomic E-state index is 12.3. The van der Waals surface area contributed by atoms with Gasteiger partial charge in [-0.2, -0.15) is 10.2 Å². The van der Waals surface area contributed by atoms with Gasteiger partial charge in [-0.15, -0.1) is 0 Å². The maximum absolute atomic E-state index is 12.3. The number of aromatic nitrogens is 4. The van der Waals surface area contributed by atoms with E-state index in [4.69, 9.17) is 0 Å². The lowest BCUT2D eigenvalue weighted by atomic mass is 10.1. The normalized spacial score (nSPS) is 10.8. The molecular formula is C18H21N5O. The minimum absolute atomic E-state index is 0.101. The van der Waals surface area contributed by atoms with E-state index in [0.717, 1.165) is 22.6 Å². The van der Waals surface area contributed by atoms with E-state index in [2.05, 4.69) is 15.5 Å². The number of carbonyl (C=O) groups is 1.